The van der Waals surface area contributed by atoms with E-state index in [1.807, 2.05) is 70.5 Å². The summed E-state index contributed by atoms with van der Waals surface area (Å²) in [5.74, 6) is -0.584. The second-order valence-electron chi connectivity index (χ2n) is 15.0. The molecule has 16 nitrogen and oxygen atoms in total. The van der Waals surface area contributed by atoms with Gasteiger partial charge in [-0.3, -0.25) is 34.4 Å². The Kier molecular flexibility index (Phi) is 14.4. The minimum absolute atomic E-state index is 0.0328. The summed E-state index contributed by atoms with van der Waals surface area (Å²) in [4.78, 5) is 71.0. The van der Waals surface area contributed by atoms with Gasteiger partial charge in [0.15, 0.2) is 5.78 Å². The van der Waals surface area contributed by atoms with Crippen LogP contribution in [0.4, 0.5) is 21.0 Å². The lowest BCUT2D eigenvalue weighted by molar-refractivity contribution is -0.0738. The number of methoxy groups -OCH3 is 1. The maximum absolute atomic E-state index is 13.4. The molecule has 0 radical (unpaired) electrons. The van der Waals surface area contributed by atoms with Gasteiger partial charge in [-0.2, -0.15) is 0 Å². The summed E-state index contributed by atoms with van der Waals surface area (Å²) in [5.41, 5.74) is 9.33. The number of para-hydroxylation sites is 2. The Labute approximate surface area is 350 Å². The molecule has 2 N–H and O–H groups in total. The fourth-order valence-corrected chi connectivity index (χ4v) is 7.40. The first-order valence-corrected chi connectivity index (χ1v) is 20.4. The summed E-state index contributed by atoms with van der Waals surface area (Å²) in [5, 5.41) is 0. The number of ether oxygens (including phenoxy) is 3. The fourth-order valence-electron chi connectivity index (χ4n) is 7.40. The molecule has 0 aliphatic carbocycles. The zero-order valence-corrected chi connectivity index (χ0v) is 34.0. The second-order valence-corrected chi connectivity index (χ2v) is 15.0. The lowest BCUT2D eigenvalue weighted by atomic mass is 10.1. The van der Waals surface area contributed by atoms with Crippen molar-refractivity contribution < 1.29 is 33.4 Å². The number of piperazine rings is 2. The molecule has 0 unspecified atom stereocenters. The third-order valence-electron chi connectivity index (χ3n) is 11.3. The van der Waals surface area contributed by atoms with Crippen LogP contribution in [0.5, 0.6) is 0 Å². The molecule has 60 heavy (non-hydrogen) atoms. The fraction of sp³-hybridized carbons (Fsp3) is 0.409. The van der Waals surface area contributed by atoms with Crippen molar-refractivity contribution >= 4 is 35.2 Å². The van der Waals surface area contributed by atoms with Crippen LogP contribution >= 0.6 is 0 Å². The SMILES string of the molecule is COC(=O)c1ccc(CN(C(=O)N2CCN(C3COC3)CC2)c2ccccc2)nc1.NCC(=O)c1ccc(CN(C(=O)N2CCN(C3COC3)CC2)c2ccccc2)nc1. The van der Waals surface area contributed by atoms with Crippen molar-refractivity contribution in [3.63, 3.8) is 0 Å². The predicted octanol–water partition coefficient (Wildman–Crippen LogP) is 3.38. The van der Waals surface area contributed by atoms with Gasteiger partial charge in [0.25, 0.3) is 0 Å². The number of benzene rings is 2. The minimum Gasteiger partial charge on any atom is -0.465 e. The molecule has 2 aromatic heterocycles. The summed E-state index contributed by atoms with van der Waals surface area (Å²) in [6.07, 6.45) is 3.01. The number of esters is 1. The normalized spacial score (nSPS) is 17.4. The molecular weight excluding hydrogens is 767 g/mol. The molecule has 4 fully saturated rings. The number of urea groups is 2. The van der Waals surface area contributed by atoms with Crippen molar-refractivity contribution in [3.05, 3.63) is 120 Å². The van der Waals surface area contributed by atoms with E-state index in [-0.39, 0.29) is 24.4 Å². The van der Waals surface area contributed by atoms with Crippen LogP contribution in [-0.2, 0) is 27.3 Å². The highest BCUT2D eigenvalue weighted by Gasteiger charge is 2.34. The van der Waals surface area contributed by atoms with Crippen molar-refractivity contribution in [3.8, 4) is 0 Å². The van der Waals surface area contributed by atoms with Crippen LogP contribution in [-0.4, -0.2) is 158 Å². The Bertz CT molecular complexity index is 1870. The van der Waals surface area contributed by atoms with E-state index >= 15 is 0 Å². The van der Waals surface area contributed by atoms with E-state index in [2.05, 4.69) is 19.8 Å². The molecule has 2 aromatic carbocycles. The molecular formula is C44H53N9O7. The lowest BCUT2D eigenvalue weighted by Gasteiger charge is -2.43. The molecule has 6 heterocycles. The van der Waals surface area contributed by atoms with Gasteiger partial charge in [0, 0.05) is 81.7 Å². The largest absolute Gasteiger partial charge is 0.465 e. The first-order valence-electron chi connectivity index (χ1n) is 20.4. The standard InChI is InChI=1S/C22H27N5O3.C22H26N4O4/c23-12-21(28)17-6-7-18(24-13-17)14-27(19-4-2-1-3-5-19)22(29)26-10-8-25(9-11-26)20-15-30-16-20;1-29-21(27)17-7-8-18(23-13-17)14-26(19-5-3-2-4-6-19)22(28)25-11-9-24(10-12-25)20-15-30-16-20/h1-7,13,20H,8-12,14-16,23H2;2-8,13,20H,9-12,14-16H2,1H3. The molecule has 4 saturated heterocycles. The number of hydrogen-bond donors (Lipinski definition) is 1. The van der Waals surface area contributed by atoms with E-state index in [0.717, 1.165) is 64.0 Å². The Morgan fingerprint density at radius 2 is 1.03 bits per heavy atom. The van der Waals surface area contributed by atoms with E-state index in [4.69, 9.17) is 19.9 Å². The highest BCUT2D eigenvalue weighted by atomic mass is 16.5. The number of aromatic nitrogens is 2. The number of carbonyl (C=O) groups excluding carboxylic acids is 4. The zero-order valence-electron chi connectivity index (χ0n) is 34.0. The number of nitrogens with two attached hydrogens (primary N) is 1. The number of nitrogens with zero attached hydrogens (tertiary/aromatic N) is 8. The quantitative estimate of drug-likeness (QED) is 0.174. The van der Waals surface area contributed by atoms with E-state index < -0.39 is 5.97 Å². The smallest absolute Gasteiger partial charge is 0.339 e. The average Bonchev–Trinajstić information content (AvgIpc) is 3.27. The molecule has 0 spiro atoms. The average molecular weight is 820 g/mol. The van der Waals surface area contributed by atoms with Gasteiger partial charge < -0.3 is 29.7 Å². The molecule has 8 rings (SSSR count). The van der Waals surface area contributed by atoms with Crippen molar-refractivity contribution in [1.29, 1.82) is 0 Å². The lowest BCUT2D eigenvalue weighted by Crippen LogP contribution is -2.59. The highest BCUT2D eigenvalue weighted by molar-refractivity contribution is 5.97. The third kappa shape index (κ3) is 10.5. The van der Waals surface area contributed by atoms with Gasteiger partial charge in [-0.25, -0.2) is 14.4 Å². The highest BCUT2D eigenvalue weighted by Crippen LogP contribution is 2.23. The van der Waals surface area contributed by atoms with Gasteiger partial charge in [-0.15, -0.1) is 0 Å². The van der Waals surface area contributed by atoms with E-state index in [1.165, 1.54) is 19.5 Å². The van der Waals surface area contributed by atoms with Crippen LogP contribution in [0, 0.1) is 0 Å². The van der Waals surface area contributed by atoms with E-state index in [9.17, 15) is 19.2 Å². The number of Topliss-reactive ketones (excluding diaryl/α,β-unsaturated/α-hetero) is 1. The van der Waals surface area contributed by atoms with Gasteiger partial charge in [-0.05, 0) is 48.5 Å². The van der Waals surface area contributed by atoms with Gasteiger partial charge in [0.05, 0.1) is 82.2 Å². The van der Waals surface area contributed by atoms with Crippen LogP contribution in [0.1, 0.15) is 32.1 Å². The first-order chi connectivity index (χ1) is 29.3. The Hall–Kier alpha value is -5.78. The first kappa shape index (κ1) is 42.3. The van der Waals surface area contributed by atoms with Crippen molar-refractivity contribution in [2.75, 3.05) is 102 Å². The number of amides is 4. The third-order valence-corrected chi connectivity index (χ3v) is 11.3. The van der Waals surface area contributed by atoms with Crippen molar-refractivity contribution in [1.82, 2.24) is 29.6 Å². The van der Waals surface area contributed by atoms with E-state index in [0.29, 0.717) is 73.9 Å². The van der Waals surface area contributed by atoms with Gasteiger partial charge in [0.1, 0.15) is 0 Å². The number of anilines is 2. The molecule has 4 aromatic rings. The zero-order chi connectivity index (χ0) is 41.8. The number of carbonyl (C=O) groups is 4. The van der Waals surface area contributed by atoms with Crippen LogP contribution in [0.3, 0.4) is 0 Å². The summed E-state index contributed by atoms with van der Waals surface area (Å²) < 4.78 is 15.3. The maximum Gasteiger partial charge on any atom is 0.339 e. The van der Waals surface area contributed by atoms with Crippen molar-refractivity contribution in [2.24, 2.45) is 5.73 Å². The molecule has 0 saturated carbocycles. The Balaban J connectivity index is 0.000000181. The number of ketones is 1. The monoisotopic (exact) mass is 819 g/mol. The topological polar surface area (TPSA) is 167 Å². The summed E-state index contributed by atoms with van der Waals surface area (Å²) in [7, 11) is 1.34. The van der Waals surface area contributed by atoms with Gasteiger partial charge in [0.2, 0.25) is 0 Å². The molecule has 4 aliphatic heterocycles. The summed E-state index contributed by atoms with van der Waals surface area (Å²) >= 11 is 0. The van der Waals surface area contributed by atoms with Gasteiger partial charge >= 0.3 is 18.0 Å². The molecule has 4 aliphatic rings. The Morgan fingerprint density at radius 1 is 0.617 bits per heavy atom. The van der Waals surface area contributed by atoms with E-state index in [1.54, 1.807) is 34.1 Å². The minimum atomic E-state index is -0.431. The predicted molar refractivity (Wildman–Crippen MR) is 225 cm³/mol. The molecule has 0 bridgehead atoms. The second kappa shape index (κ2) is 20.5. The Morgan fingerprint density at radius 3 is 1.37 bits per heavy atom. The molecule has 4 amide bonds. The van der Waals surface area contributed by atoms with Crippen molar-refractivity contribution in [2.45, 2.75) is 25.2 Å². The number of hydrogen-bond acceptors (Lipinski definition) is 12. The van der Waals surface area contributed by atoms with Crippen LogP contribution in [0.15, 0.2) is 97.3 Å². The molecule has 16 heteroatoms. The molecule has 0 atom stereocenters. The molecule has 316 valence electrons. The number of pyridine rings is 2. The van der Waals surface area contributed by atoms with Crippen LogP contribution in [0.25, 0.3) is 0 Å². The van der Waals surface area contributed by atoms with Crippen LogP contribution < -0.4 is 15.5 Å². The summed E-state index contributed by atoms with van der Waals surface area (Å²) in [6.45, 7) is 9.94. The number of rotatable bonds is 11. The maximum atomic E-state index is 13.4. The summed E-state index contributed by atoms with van der Waals surface area (Å²) in [6, 6.07) is 27.0. The van der Waals surface area contributed by atoms with Crippen LogP contribution in [0.2, 0.25) is 0 Å². The van der Waals surface area contributed by atoms with Gasteiger partial charge in [-0.1, -0.05) is 36.4 Å².